The molecule has 26 heavy (non-hydrogen) atoms. The Morgan fingerprint density at radius 3 is 2.50 bits per heavy atom. The smallest absolute Gasteiger partial charge is 0.435 e. The van der Waals surface area contributed by atoms with E-state index in [0.717, 1.165) is 18.8 Å². The number of halogens is 6. The fourth-order valence-corrected chi connectivity index (χ4v) is 3.07. The molecule has 0 spiro atoms. The number of hydrogen-bond donors (Lipinski definition) is 0. The van der Waals surface area contributed by atoms with Gasteiger partial charge in [0.1, 0.15) is 0 Å². The second-order valence-electron chi connectivity index (χ2n) is 5.31. The van der Waals surface area contributed by atoms with E-state index in [1.165, 1.54) is 18.3 Å². The Labute approximate surface area is 148 Å². The van der Waals surface area contributed by atoms with E-state index in [1.54, 1.807) is 6.92 Å². The van der Waals surface area contributed by atoms with Crippen LogP contribution >= 0.6 is 11.8 Å². The first kappa shape index (κ1) is 20.2. The molecule has 5 nitrogen and oxygen atoms in total. The summed E-state index contributed by atoms with van der Waals surface area (Å²) in [6, 6.07) is 2.97. The number of alkyl halides is 6. The number of hydrogen-bond acceptors (Lipinski definition) is 4. The van der Waals surface area contributed by atoms with Crippen molar-refractivity contribution < 1.29 is 35.8 Å². The van der Waals surface area contributed by atoms with Gasteiger partial charge in [0.25, 0.3) is 5.03 Å². The average molecular weight is 401 g/mol. The maximum atomic E-state index is 13.2. The van der Waals surface area contributed by atoms with E-state index in [1.807, 2.05) is 0 Å². The molecule has 0 N–H and O–H groups in total. The van der Waals surface area contributed by atoms with Crippen LogP contribution in [0.15, 0.2) is 23.4 Å². The SMILES string of the molecule is Cc1cc[n+]([O-])c(SCc2c(C(F)(F)F)nn(C)c2OCC(F)(F)F)c1. The van der Waals surface area contributed by atoms with E-state index < -0.39 is 41.8 Å². The van der Waals surface area contributed by atoms with Crippen LogP contribution in [0.3, 0.4) is 0 Å². The van der Waals surface area contributed by atoms with Crippen molar-refractivity contribution >= 4 is 11.8 Å². The standard InChI is InChI=1S/C14H13F6N3O2S/c1-8-3-4-23(24)10(5-8)26-6-9-11(14(18,19)20)21-22(2)12(9)25-7-13(15,16)17/h3-5H,6-7H2,1-2H3. The molecule has 0 fully saturated rings. The molecule has 0 aliphatic rings. The normalized spacial score (nSPS) is 12.5. The summed E-state index contributed by atoms with van der Waals surface area (Å²) in [7, 11) is 1.05. The Hall–Kier alpha value is -2.11. The van der Waals surface area contributed by atoms with Crippen LogP contribution in [0, 0.1) is 12.1 Å². The molecule has 0 unspecified atom stereocenters. The van der Waals surface area contributed by atoms with Crippen LogP contribution in [0.4, 0.5) is 26.3 Å². The molecule has 0 atom stereocenters. The van der Waals surface area contributed by atoms with Crippen LogP contribution in [-0.4, -0.2) is 22.6 Å². The third-order valence-corrected chi connectivity index (χ3v) is 4.16. The highest BCUT2D eigenvalue weighted by Crippen LogP contribution is 2.38. The number of aromatic nitrogens is 3. The third-order valence-electron chi connectivity index (χ3n) is 3.13. The minimum atomic E-state index is -4.88. The van der Waals surface area contributed by atoms with Gasteiger partial charge in [-0.05, 0) is 12.5 Å². The van der Waals surface area contributed by atoms with Gasteiger partial charge in [0, 0.05) is 24.9 Å². The molecule has 0 bridgehead atoms. The van der Waals surface area contributed by atoms with Crippen LogP contribution < -0.4 is 9.47 Å². The van der Waals surface area contributed by atoms with Crippen LogP contribution in [0.2, 0.25) is 0 Å². The van der Waals surface area contributed by atoms with Crippen molar-refractivity contribution in [2.45, 2.75) is 30.1 Å². The summed E-state index contributed by atoms with van der Waals surface area (Å²) in [6.07, 6.45) is -8.41. The number of ether oxygens (including phenoxy) is 1. The van der Waals surface area contributed by atoms with Crippen LogP contribution in [0.25, 0.3) is 0 Å². The number of aryl methyl sites for hydroxylation is 2. The Morgan fingerprint density at radius 1 is 1.27 bits per heavy atom. The molecular weight excluding hydrogens is 388 g/mol. The Kier molecular flexibility index (Phi) is 5.64. The molecule has 0 saturated heterocycles. The summed E-state index contributed by atoms with van der Waals surface area (Å²) < 4.78 is 82.2. The zero-order chi connectivity index (χ0) is 19.7. The second-order valence-corrected chi connectivity index (χ2v) is 6.31. The van der Waals surface area contributed by atoms with Crippen LogP contribution in [0.1, 0.15) is 16.8 Å². The molecular formula is C14H13F6N3O2S. The average Bonchev–Trinajstić information content (AvgIpc) is 2.81. The lowest BCUT2D eigenvalue weighted by Gasteiger charge is -2.12. The third kappa shape index (κ3) is 4.96. The van der Waals surface area contributed by atoms with Gasteiger partial charge >= 0.3 is 12.4 Å². The van der Waals surface area contributed by atoms with Gasteiger partial charge in [-0.1, -0.05) is 11.8 Å². The number of pyridine rings is 1. The van der Waals surface area contributed by atoms with Crippen LogP contribution in [0.5, 0.6) is 5.88 Å². The summed E-state index contributed by atoms with van der Waals surface area (Å²) in [4.78, 5) is 0. The van der Waals surface area contributed by atoms with Gasteiger partial charge in [0.15, 0.2) is 18.5 Å². The lowest BCUT2D eigenvalue weighted by atomic mass is 10.2. The lowest BCUT2D eigenvalue weighted by Crippen LogP contribution is -2.28. The van der Waals surface area contributed by atoms with E-state index in [9.17, 15) is 31.5 Å². The van der Waals surface area contributed by atoms with Gasteiger partial charge in [-0.2, -0.15) is 36.2 Å². The molecule has 2 aromatic heterocycles. The van der Waals surface area contributed by atoms with E-state index >= 15 is 0 Å². The molecule has 0 aliphatic carbocycles. The van der Waals surface area contributed by atoms with E-state index in [0.29, 0.717) is 15.0 Å². The molecule has 2 heterocycles. The highest BCUT2D eigenvalue weighted by atomic mass is 32.2. The lowest BCUT2D eigenvalue weighted by molar-refractivity contribution is -0.645. The number of nitrogens with zero attached hydrogens (tertiary/aromatic N) is 3. The van der Waals surface area contributed by atoms with Crippen molar-refractivity contribution in [3.05, 3.63) is 40.4 Å². The Balaban J connectivity index is 2.35. The maximum absolute atomic E-state index is 13.2. The second kappa shape index (κ2) is 7.25. The Bertz CT molecular complexity index is 788. The predicted molar refractivity (Wildman–Crippen MR) is 79.5 cm³/mol. The number of thioether (sulfide) groups is 1. The fraction of sp³-hybridized carbons (Fsp3) is 0.429. The number of rotatable bonds is 5. The first-order chi connectivity index (χ1) is 11.9. The predicted octanol–water partition coefficient (Wildman–Crippen LogP) is 3.61. The molecule has 0 aliphatic heterocycles. The van der Waals surface area contributed by atoms with Crippen molar-refractivity contribution in [1.29, 1.82) is 0 Å². The molecule has 0 aromatic carbocycles. The maximum Gasteiger partial charge on any atom is 0.435 e. The monoisotopic (exact) mass is 401 g/mol. The summed E-state index contributed by atoms with van der Waals surface area (Å²) >= 11 is 0.741. The first-order valence-electron chi connectivity index (χ1n) is 7.03. The summed E-state index contributed by atoms with van der Waals surface area (Å²) in [6.45, 7) is -0.0688. The van der Waals surface area contributed by atoms with E-state index in [2.05, 4.69) is 9.84 Å². The van der Waals surface area contributed by atoms with Crippen molar-refractivity contribution in [2.75, 3.05) is 6.61 Å². The minimum absolute atomic E-state index is 0.101. The summed E-state index contributed by atoms with van der Waals surface area (Å²) in [5.41, 5.74) is -1.21. The molecule has 0 saturated carbocycles. The van der Waals surface area contributed by atoms with Gasteiger partial charge in [-0.25, -0.2) is 4.68 Å². The molecule has 0 radical (unpaired) electrons. The van der Waals surface area contributed by atoms with Gasteiger partial charge in [-0.15, -0.1) is 0 Å². The quantitative estimate of drug-likeness (QED) is 0.333. The van der Waals surface area contributed by atoms with Crippen molar-refractivity contribution in [1.82, 2.24) is 9.78 Å². The first-order valence-corrected chi connectivity index (χ1v) is 8.02. The minimum Gasteiger partial charge on any atom is -0.618 e. The molecule has 2 rings (SSSR count). The van der Waals surface area contributed by atoms with E-state index in [-0.39, 0.29) is 5.03 Å². The zero-order valence-electron chi connectivity index (χ0n) is 13.5. The van der Waals surface area contributed by atoms with Crippen molar-refractivity contribution in [3.63, 3.8) is 0 Å². The zero-order valence-corrected chi connectivity index (χ0v) is 14.3. The van der Waals surface area contributed by atoms with Crippen molar-refractivity contribution in [2.24, 2.45) is 7.05 Å². The van der Waals surface area contributed by atoms with Gasteiger partial charge < -0.3 is 9.94 Å². The van der Waals surface area contributed by atoms with Gasteiger partial charge in [0.2, 0.25) is 5.88 Å². The highest BCUT2D eigenvalue weighted by molar-refractivity contribution is 7.98. The molecule has 12 heteroatoms. The topological polar surface area (TPSA) is 54.0 Å². The molecule has 144 valence electrons. The Morgan fingerprint density at radius 2 is 1.92 bits per heavy atom. The largest absolute Gasteiger partial charge is 0.618 e. The van der Waals surface area contributed by atoms with Gasteiger partial charge in [-0.3, -0.25) is 0 Å². The summed E-state index contributed by atoms with van der Waals surface area (Å²) in [5, 5.41) is 15.0. The van der Waals surface area contributed by atoms with Gasteiger partial charge in [0.05, 0.1) is 5.56 Å². The molecule has 0 amide bonds. The fourth-order valence-electron chi connectivity index (χ4n) is 2.06. The summed E-state index contributed by atoms with van der Waals surface area (Å²) in [5.74, 6) is -1.09. The highest BCUT2D eigenvalue weighted by Gasteiger charge is 2.40. The van der Waals surface area contributed by atoms with Crippen molar-refractivity contribution in [3.8, 4) is 5.88 Å². The van der Waals surface area contributed by atoms with Crippen LogP contribution in [-0.2, 0) is 19.0 Å². The molecule has 2 aromatic rings. The van der Waals surface area contributed by atoms with E-state index in [4.69, 9.17) is 0 Å².